The number of benzene rings is 1. The van der Waals surface area contributed by atoms with E-state index in [0.717, 1.165) is 11.3 Å². The van der Waals surface area contributed by atoms with Gasteiger partial charge in [-0.15, -0.1) is 11.3 Å². The smallest absolute Gasteiger partial charge is 0.344 e. The van der Waals surface area contributed by atoms with Crippen molar-refractivity contribution in [3.63, 3.8) is 0 Å². The van der Waals surface area contributed by atoms with Crippen LogP contribution in [0.3, 0.4) is 0 Å². The molecule has 0 spiro atoms. The minimum atomic E-state index is -1.19. The first-order valence-corrected chi connectivity index (χ1v) is 9.85. The van der Waals surface area contributed by atoms with E-state index in [-0.39, 0.29) is 27.0 Å². The van der Waals surface area contributed by atoms with Gasteiger partial charge in [-0.05, 0) is 49.6 Å². The maximum absolute atomic E-state index is 13.1. The first-order valence-electron chi connectivity index (χ1n) is 8.59. The third kappa shape index (κ3) is 4.34. The number of aromatic nitrogens is 2. The predicted molar refractivity (Wildman–Crippen MR) is 110 cm³/mol. The van der Waals surface area contributed by atoms with Crippen molar-refractivity contribution in [3.8, 4) is 5.69 Å². The van der Waals surface area contributed by atoms with Gasteiger partial charge < -0.3 is 15.8 Å². The third-order valence-corrected chi connectivity index (χ3v) is 5.28. The van der Waals surface area contributed by atoms with Crippen LogP contribution in [0.15, 0.2) is 35.7 Å². The van der Waals surface area contributed by atoms with E-state index in [1.165, 1.54) is 41.9 Å². The Morgan fingerprint density at radius 1 is 1.27 bits per heavy atom. The summed E-state index contributed by atoms with van der Waals surface area (Å²) in [5.74, 6) is -2.61. The SMILES string of the molecule is Cc1nn(-c2ccc(F)cc2)c(Cl)c1C(=O)OC(C)C(=O)Nc1sccc1C(N)=O. The molecule has 0 fully saturated rings. The standard InChI is InChI=1S/C19H16ClFN4O4S/c1-9-14(15(20)25(24-9)12-5-3-11(21)4-6-12)19(28)29-10(2)17(27)23-18-13(16(22)26)7-8-30-18/h3-8,10H,1-2H3,(H2,22,26)(H,23,27). The lowest BCUT2D eigenvalue weighted by Crippen LogP contribution is -2.30. The van der Waals surface area contributed by atoms with Crippen molar-refractivity contribution in [1.29, 1.82) is 0 Å². The summed E-state index contributed by atoms with van der Waals surface area (Å²) in [6.07, 6.45) is -1.19. The zero-order valence-corrected chi connectivity index (χ0v) is 17.4. The lowest BCUT2D eigenvalue weighted by atomic mass is 10.2. The number of aryl methyl sites for hydroxylation is 1. The molecule has 2 aromatic heterocycles. The van der Waals surface area contributed by atoms with E-state index in [4.69, 9.17) is 22.1 Å². The number of nitrogens with zero attached hydrogens (tertiary/aromatic N) is 2. The summed E-state index contributed by atoms with van der Waals surface area (Å²) in [4.78, 5) is 36.3. The monoisotopic (exact) mass is 450 g/mol. The topological polar surface area (TPSA) is 116 Å². The van der Waals surface area contributed by atoms with Crippen molar-refractivity contribution in [2.75, 3.05) is 5.32 Å². The highest BCUT2D eigenvalue weighted by Crippen LogP contribution is 2.26. The molecule has 3 N–H and O–H groups in total. The number of anilines is 1. The first-order chi connectivity index (χ1) is 14.2. The Morgan fingerprint density at radius 2 is 1.93 bits per heavy atom. The van der Waals surface area contributed by atoms with E-state index >= 15 is 0 Å². The number of ether oxygens (including phenoxy) is 1. The van der Waals surface area contributed by atoms with Gasteiger partial charge in [0.05, 0.1) is 16.9 Å². The molecule has 0 radical (unpaired) electrons. The Balaban J connectivity index is 1.75. The second-order valence-electron chi connectivity index (χ2n) is 6.20. The molecule has 3 aromatic rings. The Kier molecular flexibility index (Phi) is 6.18. The van der Waals surface area contributed by atoms with Crippen LogP contribution in [-0.4, -0.2) is 33.7 Å². The molecule has 3 rings (SSSR count). The van der Waals surface area contributed by atoms with E-state index in [1.807, 2.05) is 0 Å². The van der Waals surface area contributed by atoms with Gasteiger partial charge in [-0.25, -0.2) is 13.9 Å². The van der Waals surface area contributed by atoms with Gasteiger partial charge in [-0.3, -0.25) is 9.59 Å². The molecule has 0 aliphatic carbocycles. The summed E-state index contributed by atoms with van der Waals surface area (Å²) >= 11 is 7.40. The second-order valence-corrected chi connectivity index (χ2v) is 7.48. The van der Waals surface area contributed by atoms with Gasteiger partial charge in [0, 0.05) is 0 Å². The van der Waals surface area contributed by atoms with Crippen molar-refractivity contribution in [3.05, 3.63) is 63.5 Å². The van der Waals surface area contributed by atoms with E-state index in [2.05, 4.69) is 10.4 Å². The van der Waals surface area contributed by atoms with Gasteiger partial charge in [0.25, 0.3) is 11.8 Å². The van der Waals surface area contributed by atoms with Crippen LogP contribution in [-0.2, 0) is 9.53 Å². The molecule has 2 heterocycles. The summed E-state index contributed by atoms with van der Waals surface area (Å²) < 4.78 is 19.6. The van der Waals surface area contributed by atoms with E-state index < -0.39 is 29.7 Å². The third-order valence-electron chi connectivity index (χ3n) is 4.10. The molecule has 0 aliphatic heterocycles. The van der Waals surface area contributed by atoms with Crippen molar-refractivity contribution in [1.82, 2.24) is 9.78 Å². The number of esters is 1. The van der Waals surface area contributed by atoms with Crippen LogP contribution in [0, 0.1) is 12.7 Å². The van der Waals surface area contributed by atoms with Crippen LogP contribution in [0.5, 0.6) is 0 Å². The van der Waals surface area contributed by atoms with Gasteiger partial charge in [0.1, 0.15) is 21.5 Å². The summed E-state index contributed by atoms with van der Waals surface area (Å²) in [6, 6.07) is 6.86. The molecule has 0 bridgehead atoms. The molecule has 2 amide bonds. The quantitative estimate of drug-likeness (QED) is 0.559. The highest BCUT2D eigenvalue weighted by Gasteiger charge is 2.27. The fraction of sp³-hybridized carbons (Fsp3) is 0.158. The second kappa shape index (κ2) is 8.64. The van der Waals surface area contributed by atoms with E-state index in [1.54, 1.807) is 12.3 Å². The number of amides is 2. The molecular formula is C19H16ClFN4O4S. The fourth-order valence-electron chi connectivity index (χ4n) is 2.57. The average Bonchev–Trinajstić information content (AvgIpc) is 3.26. The van der Waals surface area contributed by atoms with Crippen LogP contribution in [0.2, 0.25) is 5.15 Å². The molecule has 0 saturated heterocycles. The Morgan fingerprint density at radius 3 is 2.57 bits per heavy atom. The lowest BCUT2D eigenvalue weighted by Gasteiger charge is -2.13. The highest BCUT2D eigenvalue weighted by molar-refractivity contribution is 7.14. The number of primary amides is 1. The molecule has 30 heavy (non-hydrogen) atoms. The van der Waals surface area contributed by atoms with Crippen molar-refractivity contribution in [2.24, 2.45) is 5.73 Å². The Bertz CT molecular complexity index is 1130. The number of hydrogen-bond donors (Lipinski definition) is 2. The largest absolute Gasteiger partial charge is 0.449 e. The molecule has 1 aromatic carbocycles. The van der Waals surface area contributed by atoms with Crippen LogP contribution >= 0.6 is 22.9 Å². The van der Waals surface area contributed by atoms with Crippen LogP contribution < -0.4 is 11.1 Å². The van der Waals surface area contributed by atoms with E-state index in [0.29, 0.717) is 5.69 Å². The number of nitrogens with one attached hydrogen (secondary N) is 1. The summed E-state index contributed by atoms with van der Waals surface area (Å²) in [7, 11) is 0. The van der Waals surface area contributed by atoms with Gasteiger partial charge >= 0.3 is 5.97 Å². The zero-order chi connectivity index (χ0) is 22.0. The zero-order valence-electron chi connectivity index (χ0n) is 15.8. The van der Waals surface area contributed by atoms with E-state index in [9.17, 15) is 18.8 Å². The van der Waals surface area contributed by atoms with Crippen LogP contribution in [0.4, 0.5) is 9.39 Å². The van der Waals surface area contributed by atoms with Gasteiger partial charge in [-0.1, -0.05) is 11.6 Å². The molecular weight excluding hydrogens is 435 g/mol. The molecule has 1 unspecified atom stereocenters. The van der Waals surface area contributed by atoms with Crippen molar-refractivity contribution in [2.45, 2.75) is 20.0 Å². The minimum Gasteiger partial charge on any atom is -0.449 e. The Hall–Kier alpha value is -3.24. The molecule has 0 aliphatic rings. The maximum atomic E-state index is 13.1. The normalized spacial score (nSPS) is 11.7. The van der Waals surface area contributed by atoms with Crippen molar-refractivity contribution < 1.29 is 23.5 Å². The van der Waals surface area contributed by atoms with Crippen LogP contribution in [0.25, 0.3) is 5.69 Å². The number of thiophene rings is 1. The molecule has 8 nitrogen and oxygen atoms in total. The average molecular weight is 451 g/mol. The highest BCUT2D eigenvalue weighted by atomic mass is 35.5. The van der Waals surface area contributed by atoms with Gasteiger partial charge in [0.2, 0.25) is 0 Å². The predicted octanol–water partition coefficient (Wildman–Crippen LogP) is 3.32. The lowest BCUT2D eigenvalue weighted by molar-refractivity contribution is -0.123. The number of rotatable bonds is 6. The van der Waals surface area contributed by atoms with Crippen molar-refractivity contribution >= 4 is 45.7 Å². The molecule has 11 heteroatoms. The fourth-order valence-corrected chi connectivity index (χ4v) is 3.72. The minimum absolute atomic E-state index is 0.0189. The number of nitrogens with two attached hydrogens (primary N) is 1. The summed E-state index contributed by atoms with van der Waals surface area (Å²) in [5, 5.41) is 8.51. The number of hydrogen-bond acceptors (Lipinski definition) is 6. The molecule has 156 valence electrons. The summed E-state index contributed by atoms with van der Waals surface area (Å²) in [5.41, 5.74) is 6.11. The van der Waals surface area contributed by atoms with Crippen LogP contribution in [0.1, 0.15) is 33.3 Å². The number of halogens is 2. The number of carbonyl (C=O) groups is 3. The maximum Gasteiger partial charge on any atom is 0.344 e. The number of carbonyl (C=O) groups excluding carboxylic acids is 3. The van der Waals surface area contributed by atoms with Gasteiger partial charge in [-0.2, -0.15) is 5.10 Å². The van der Waals surface area contributed by atoms with Gasteiger partial charge in [0.15, 0.2) is 6.10 Å². The summed E-state index contributed by atoms with van der Waals surface area (Å²) in [6.45, 7) is 2.93. The molecule has 0 saturated carbocycles. The first kappa shape index (κ1) is 21.5. The Labute approximate surface area is 179 Å². The molecule has 1 atom stereocenters.